The van der Waals surface area contributed by atoms with E-state index in [9.17, 15) is 4.79 Å². The van der Waals surface area contributed by atoms with Gasteiger partial charge < -0.3 is 14.4 Å². The average Bonchev–Trinajstić information content (AvgIpc) is 2.80. The molecule has 1 fully saturated rings. The second-order valence-electron chi connectivity index (χ2n) is 6.84. The van der Waals surface area contributed by atoms with Crippen LogP contribution in [0, 0.1) is 0 Å². The first-order valence-corrected chi connectivity index (χ1v) is 9.57. The number of hydrogen-bond acceptors (Lipinski definition) is 6. The molecule has 148 valence electrons. The summed E-state index contributed by atoms with van der Waals surface area (Å²) in [4.78, 5) is 27.8. The Hall–Kier alpha value is -3.48. The van der Waals surface area contributed by atoms with Gasteiger partial charge in [0, 0.05) is 43.7 Å². The summed E-state index contributed by atoms with van der Waals surface area (Å²) in [5, 5.41) is 0. The number of nitrogens with zero attached hydrogens (tertiary/aromatic N) is 4. The van der Waals surface area contributed by atoms with Gasteiger partial charge in [0.05, 0.1) is 12.7 Å². The van der Waals surface area contributed by atoms with E-state index in [-0.39, 0.29) is 11.8 Å². The smallest absolute Gasteiger partial charge is 0.255 e. The molecule has 7 heteroatoms. The Morgan fingerprint density at radius 3 is 2.66 bits per heavy atom. The number of para-hydroxylation sites is 1. The fraction of sp³-hybridized carbons (Fsp3) is 0.273. The van der Waals surface area contributed by atoms with Crippen LogP contribution in [0.25, 0.3) is 0 Å². The third-order valence-corrected chi connectivity index (χ3v) is 4.94. The van der Waals surface area contributed by atoms with E-state index in [1.54, 1.807) is 37.8 Å². The van der Waals surface area contributed by atoms with Crippen molar-refractivity contribution in [2.45, 2.75) is 18.8 Å². The van der Waals surface area contributed by atoms with E-state index in [4.69, 9.17) is 9.47 Å². The van der Waals surface area contributed by atoms with Gasteiger partial charge in [0.2, 0.25) is 11.8 Å². The van der Waals surface area contributed by atoms with Gasteiger partial charge in [-0.25, -0.2) is 9.97 Å². The summed E-state index contributed by atoms with van der Waals surface area (Å²) in [5.41, 5.74) is 1.33. The van der Waals surface area contributed by atoms with Gasteiger partial charge in [-0.05, 0) is 31.0 Å². The molecule has 1 aromatic carbocycles. The summed E-state index contributed by atoms with van der Waals surface area (Å²) < 4.78 is 11.0. The van der Waals surface area contributed by atoms with Crippen LogP contribution >= 0.6 is 0 Å². The molecular formula is C22H22N4O3. The largest absolute Gasteiger partial charge is 0.481 e. The Bertz CT molecular complexity index is 963. The quantitative estimate of drug-likeness (QED) is 0.661. The number of carbonyl (C=O) groups excluding carboxylic acids is 1. The maximum Gasteiger partial charge on any atom is 0.255 e. The molecule has 4 rings (SSSR count). The van der Waals surface area contributed by atoms with E-state index in [2.05, 4.69) is 15.0 Å². The van der Waals surface area contributed by atoms with Crippen LogP contribution in [0.3, 0.4) is 0 Å². The summed E-state index contributed by atoms with van der Waals surface area (Å²) in [6, 6.07) is 13.0. The Morgan fingerprint density at radius 2 is 1.90 bits per heavy atom. The van der Waals surface area contributed by atoms with Crippen molar-refractivity contribution < 1.29 is 14.3 Å². The lowest BCUT2D eigenvalue weighted by atomic mass is 9.94. The molecular weight excluding hydrogens is 368 g/mol. The fourth-order valence-electron chi connectivity index (χ4n) is 3.49. The summed E-state index contributed by atoms with van der Waals surface area (Å²) in [6.45, 7) is 1.27. The van der Waals surface area contributed by atoms with Crippen LogP contribution in [0.15, 0.2) is 61.1 Å². The van der Waals surface area contributed by atoms with Crippen molar-refractivity contribution in [2.24, 2.45) is 0 Å². The molecule has 1 unspecified atom stereocenters. The molecule has 0 spiro atoms. The highest BCUT2D eigenvalue weighted by Gasteiger charge is 2.29. The van der Waals surface area contributed by atoms with Crippen molar-refractivity contribution in [3.63, 3.8) is 0 Å². The molecule has 1 saturated heterocycles. The first-order valence-electron chi connectivity index (χ1n) is 9.57. The van der Waals surface area contributed by atoms with E-state index in [0.717, 1.165) is 18.5 Å². The number of piperidine rings is 1. The lowest BCUT2D eigenvalue weighted by molar-refractivity contribution is 0.0704. The second kappa shape index (κ2) is 8.68. The Kier molecular flexibility index (Phi) is 5.65. The first kappa shape index (κ1) is 18.9. The number of likely N-dealkylation sites (tertiary alicyclic amines) is 1. The summed E-state index contributed by atoms with van der Waals surface area (Å²) in [5.74, 6) is 1.71. The van der Waals surface area contributed by atoms with E-state index < -0.39 is 0 Å². The van der Waals surface area contributed by atoms with Crippen LogP contribution < -0.4 is 9.47 Å². The van der Waals surface area contributed by atoms with Gasteiger partial charge in [0.15, 0.2) is 0 Å². The third-order valence-electron chi connectivity index (χ3n) is 4.94. The van der Waals surface area contributed by atoms with Crippen LogP contribution in [-0.2, 0) is 0 Å². The van der Waals surface area contributed by atoms with E-state index >= 15 is 0 Å². The van der Waals surface area contributed by atoms with Gasteiger partial charge in [-0.3, -0.25) is 9.78 Å². The van der Waals surface area contributed by atoms with E-state index in [1.165, 1.54) is 0 Å². The highest BCUT2D eigenvalue weighted by Crippen LogP contribution is 2.33. The van der Waals surface area contributed by atoms with Crippen molar-refractivity contribution in [3.05, 3.63) is 72.3 Å². The predicted molar refractivity (Wildman–Crippen MR) is 107 cm³/mol. The minimum atomic E-state index is -0.0423. The molecule has 2 aromatic heterocycles. The molecule has 1 amide bonds. The van der Waals surface area contributed by atoms with Gasteiger partial charge in [0.1, 0.15) is 11.4 Å². The molecule has 1 aliphatic rings. The second-order valence-corrected chi connectivity index (χ2v) is 6.84. The normalized spacial score (nSPS) is 16.3. The fourth-order valence-corrected chi connectivity index (χ4v) is 3.49. The van der Waals surface area contributed by atoms with E-state index in [0.29, 0.717) is 36.2 Å². The number of rotatable bonds is 5. The van der Waals surface area contributed by atoms with Gasteiger partial charge in [-0.15, -0.1) is 0 Å². The van der Waals surface area contributed by atoms with Crippen LogP contribution in [0.1, 0.15) is 34.8 Å². The third kappa shape index (κ3) is 4.34. The predicted octanol–water partition coefficient (Wildman–Crippen LogP) is 3.69. The number of hydrogen-bond donors (Lipinski definition) is 0. The zero-order valence-corrected chi connectivity index (χ0v) is 16.2. The van der Waals surface area contributed by atoms with Crippen molar-refractivity contribution >= 4 is 5.91 Å². The summed E-state index contributed by atoms with van der Waals surface area (Å²) in [7, 11) is 1.55. The molecule has 3 aromatic rings. The van der Waals surface area contributed by atoms with Crippen molar-refractivity contribution in [3.8, 4) is 17.5 Å². The Balaban J connectivity index is 1.52. The van der Waals surface area contributed by atoms with Crippen molar-refractivity contribution in [1.82, 2.24) is 19.9 Å². The standard InChI is InChI=1S/C22H22N4O3/c1-28-19-10-9-16(14-25-19)22(27)26-13-5-6-17(15-26)20-21(24-12-11-23-20)29-18-7-3-2-4-8-18/h2-4,7-12,14,17H,5-6,13,15H2,1H3. The number of carbonyl (C=O) groups is 1. The minimum Gasteiger partial charge on any atom is -0.481 e. The Morgan fingerprint density at radius 1 is 1.07 bits per heavy atom. The van der Waals surface area contributed by atoms with Crippen LogP contribution in [0.2, 0.25) is 0 Å². The number of amides is 1. The maximum absolute atomic E-state index is 12.9. The highest BCUT2D eigenvalue weighted by atomic mass is 16.5. The van der Waals surface area contributed by atoms with Gasteiger partial charge >= 0.3 is 0 Å². The number of methoxy groups -OCH3 is 1. The molecule has 0 N–H and O–H groups in total. The average molecular weight is 390 g/mol. The maximum atomic E-state index is 12.9. The molecule has 1 atom stereocenters. The molecule has 0 radical (unpaired) electrons. The van der Waals surface area contributed by atoms with Gasteiger partial charge in [0.25, 0.3) is 5.91 Å². The zero-order valence-electron chi connectivity index (χ0n) is 16.2. The zero-order chi connectivity index (χ0) is 20.1. The number of ether oxygens (including phenoxy) is 2. The van der Waals surface area contributed by atoms with Gasteiger partial charge in [-0.1, -0.05) is 18.2 Å². The van der Waals surface area contributed by atoms with Crippen molar-refractivity contribution in [2.75, 3.05) is 20.2 Å². The Labute approximate surface area is 169 Å². The topological polar surface area (TPSA) is 77.4 Å². The lowest BCUT2D eigenvalue weighted by Crippen LogP contribution is -2.39. The minimum absolute atomic E-state index is 0.0423. The first-order chi connectivity index (χ1) is 14.2. The lowest BCUT2D eigenvalue weighted by Gasteiger charge is -2.32. The molecule has 0 aliphatic carbocycles. The summed E-state index contributed by atoms with van der Waals surface area (Å²) in [6.07, 6.45) is 6.66. The van der Waals surface area contributed by atoms with Crippen molar-refractivity contribution in [1.29, 1.82) is 0 Å². The van der Waals surface area contributed by atoms with Crippen LogP contribution in [0.4, 0.5) is 0 Å². The van der Waals surface area contributed by atoms with Gasteiger partial charge in [-0.2, -0.15) is 0 Å². The number of pyridine rings is 1. The summed E-state index contributed by atoms with van der Waals surface area (Å²) >= 11 is 0. The number of benzene rings is 1. The SMILES string of the molecule is COc1ccc(C(=O)N2CCCC(c3nccnc3Oc3ccccc3)C2)cn1. The molecule has 7 nitrogen and oxygen atoms in total. The molecule has 0 saturated carbocycles. The monoisotopic (exact) mass is 390 g/mol. The van der Waals surface area contributed by atoms with Crippen LogP contribution in [-0.4, -0.2) is 46.0 Å². The molecule has 1 aliphatic heterocycles. The van der Waals surface area contributed by atoms with Crippen LogP contribution in [0.5, 0.6) is 17.5 Å². The number of aromatic nitrogens is 3. The molecule has 29 heavy (non-hydrogen) atoms. The molecule has 0 bridgehead atoms. The highest BCUT2D eigenvalue weighted by molar-refractivity contribution is 5.94. The van der Waals surface area contributed by atoms with E-state index in [1.807, 2.05) is 35.2 Å². The molecule has 3 heterocycles.